The summed E-state index contributed by atoms with van der Waals surface area (Å²) in [4.78, 5) is 0. The lowest BCUT2D eigenvalue weighted by atomic mass is 9.73. The van der Waals surface area contributed by atoms with Crippen molar-refractivity contribution in [1.82, 2.24) is 5.32 Å². The molecule has 2 aliphatic heterocycles. The van der Waals surface area contributed by atoms with Crippen LogP contribution in [-0.2, 0) is 0 Å². The molecule has 2 saturated heterocycles. The molecule has 14 heavy (non-hydrogen) atoms. The van der Waals surface area contributed by atoms with Crippen molar-refractivity contribution in [2.45, 2.75) is 50.8 Å². The molecule has 1 nitrogen and oxygen atoms in total. The van der Waals surface area contributed by atoms with Gasteiger partial charge in [-0.1, -0.05) is 13.8 Å². The summed E-state index contributed by atoms with van der Waals surface area (Å²) in [7, 11) is 0. The van der Waals surface area contributed by atoms with Crippen molar-refractivity contribution in [3.05, 3.63) is 0 Å². The Hall–Kier alpha value is 0.310. The maximum Gasteiger partial charge on any atom is 0.0180 e. The number of thioether (sulfide) groups is 1. The monoisotopic (exact) mass is 213 g/mol. The molecule has 82 valence electrons. The lowest BCUT2D eigenvalue weighted by Gasteiger charge is -2.41. The molecule has 0 amide bonds. The SMILES string of the molecule is CC1CNC(C)(C)C1C1(C)CCCS1. The molecular formula is C12H23NS. The van der Waals surface area contributed by atoms with Gasteiger partial charge < -0.3 is 5.32 Å². The largest absolute Gasteiger partial charge is 0.311 e. The summed E-state index contributed by atoms with van der Waals surface area (Å²) < 4.78 is 0.534. The molecule has 2 heterocycles. The van der Waals surface area contributed by atoms with Gasteiger partial charge in [0.15, 0.2) is 0 Å². The second kappa shape index (κ2) is 3.41. The standard InChI is InChI=1S/C12H23NS/c1-9-8-13-11(2,3)10(9)12(4)6-5-7-14-12/h9-10,13H,5-8H2,1-4H3. The molecular weight excluding hydrogens is 190 g/mol. The van der Waals surface area contributed by atoms with Crippen molar-refractivity contribution in [3.8, 4) is 0 Å². The Bertz CT molecular complexity index is 218. The molecule has 0 radical (unpaired) electrons. The van der Waals surface area contributed by atoms with Crippen molar-refractivity contribution >= 4 is 11.8 Å². The van der Waals surface area contributed by atoms with Crippen LogP contribution in [0.3, 0.4) is 0 Å². The molecule has 3 unspecified atom stereocenters. The Morgan fingerprint density at radius 1 is 1.29 bits per heavy atom. The second-order valence-electron chi connectivity index (χ2n) is 5.82. The topological polar surface area (TPSA) is 12.0 Å². The van der Waals surface area contributed by atoms with Gasteiger partial charge in [-0.25, -0.2) is 0 Å². The molecule has 3 atom stereocenters. The minimum absolute atomic E-state index is 0.339. The van der Waals surface area contributed by atoms with Crippen molar-refractivity contribution in [3.63, 3.8) is 0 Å². The van der Waals surface area contributed by atoms with Crippen LogP contribution in [0.1, 0.15) is 40.5 Å². The van der Waals surface area contributed by atoms with E-state index in [4.69, 9.17) is 0 Å². The van der Waals surface area contributed by atoms with Crippen LogP contribution in [0.4, 0.5) is 0 Å². The number of hydrogen-bond donors (Lipinski definition) is 1. The van der Waals surface area contributed by atoms with Crippen molar-refractivity contribution in [1.29, 1.82) is 0 Å². The van der Waals surface area contributed by atoms with E-state index in [0.717, 1.165) is 11.8 Å². The molecule has 1 N–H and O–H groups in total. The van der Waals surface area contributed by atoms with Crippen LogP contribution in [0.25, 0.3) is 0 Å². The molecule has 0 bridgehead atoms. The molecule has 2 aliphatic rings. The first kappa shape index (κ1) is 10.8. The molecule has 0 aromatic heterocycles. The Morgan fingerprint density at radius 3 is 2.43 bits per heavy atom. The molecule has 0 aliphatic carbocycles. The van der Waals surface area contributed by atoms with Gasteiger partial charge in [0.25, 0.3) is 0 Å². The maximum absolute atomic E-state index is 3.68. The van der Waals surface area contributed by atoms with Gasteiger partial charge in [0.1, 0.15) is 0 Å². The summed E-state index contributed by atoms with van der Waals surface area (Å²) in [6, 6.07) is 0. The van der Waals surface area contributed by atoms with Gasteiger partial charge in [-0.15, -0.1) is 0 Å². The van der Waals surface area contributed by atoms with Gasteiger partial charge in [0, 0.05) is 10.3 Å². The molecule has 0 aromatic carbocycles. The highest BCUT2D eigenvalue weighted by Crippen LogP contribution is 2.51. The van der Waals surface area contributed by atoms with Gasteiger partial charge in [0.2, 0.25) is 0 Å². The predicted molar refractivity (Wildman–Crippen MR) is 64.8 cm³/mol. The first-order valence-electron chi connectivity index (χ1n) is 5.85. The van der Waals surface area contributed by atoms with E-state index < -0.39 is 0 Å². The van der Waals surface area contributed by atoms with Crippen molar-refractivity contribution in [2.75, 3.05) is 12.3 Å². The summed E-state index contributed by atoms with van der Waals surface area (Å²) in [5.41, 5.74) is 0.339. The van der Waals surface area contributed by atoms with Gasteiger partial charge >= 0.3 is 0 Å². The fraction of sp³-hybridized carbons (Fsp3) is 1.00. The van der Waals surface area contributed by atoms with E-state index in [-0.39, 0.29) is 0 Å². The highest BCUT2D eigenvalue weighted by molar-refractivity contribution is 8.00. The third-order valence-corrected chi connectivity index (χ3v) is 5.74. The normalized spacial score (nSPS) is 47.1. The zero-order valence-corrected chi connectivity index (χ0v) is 10.7. The first-order chi connectivity index (χ1) is 6.46. The average Bonchev–Trinajstić information content (AvgIpc) is 2.58. The smallest absolute Gasteiger partial charge is 0.0180 e. The van der Waals surface area contributed by atoms with Crippen LogP contribution in [0, 0.1) is 11.8 Å². The van der Waals surface area contributed by atoms with E-state index in [1.807, 2.05) is 0 Å². The summed E-state index contributed by atoms with van der Waals surface area (Å²) in [5.74, 6) is 3.04. The summed E-state index contributed by atoms with van der Waals surface area (Å²) >= 11 is 2.21. The maximum atomic E-state index is 3.68. The fourth-order valence-corrected chi connectivity index (χ4v) is 5.52. The minimum Gasteiger partial charge on any atom is -0.311 e. The lowest BCUT2D eigenvalue weighted by molar-refractivity contribution is 0.230. The molecule has 0 saturated carbocycles. The quantitative estimate of drug-likeness (QED) is 0.719. The Balaban J connectivity index is 2.22. The highest BCUT2D eigenvalue weighted by atomic mass is 32.2. The lowest BCUT2D eigenvalue weighted by Crippen LogP contribution is -2.47. The fourth-order valence-electron chi connectivity index (χ4n) is 3.77. The molecule has 0 spiro atoms. The first-order valence-corrected chi connectivity index (χ1v) is 6.83. The molecule has 2 heteroatoms. The minimum atomic E-state index is 0.339. The van der Waals surface area contributed by atoms with E-state index in [1.165, 1.54) is 25.1 Å². The third kappa shape index (κ3) is 1.61. The molecule has 2 fully saturated rings. The highest BCUT2D eigenvalue weighted by Gasteiger charge is 2.51. The zero-order valence-electron chi connectivity index (χ0n) is 9.89. The number of nitrogens with one attached hydrogen (secondary N) is 1. The van der Waals surface area contributed by atoms with Crippen LogP contribution in [0.2, 0.25) is 0 Å². The van der Waals surface area contributed by atoms with Crippen LogP contribution < -0.4 is 5.32 Å². The van der Waals surface area contributed by atoms with Crippen LogP contribution in [0.5, 0.6) is 0 Å². The summed E-state index contributed by atoms with van der Waals surface area (Å²) in [5, 5.41) is 3.68. The Morgan fingerprint density at radius 2 is 2.00 bits per heavy atom. The summed E-state index contributed by atoms with van der Waals surface area (Å²) in [6.07, 6.45) is 2.83. The molecule has 2 rings (SSSR count). The second-order valence-corrected chi connectivity index (χ2v) is 7.45. The Labute approximate surface area is 92.4 Å². The van der Waals surface area contributed by atoms with E-state index in [1.54, 1.807) is 0 Å². The zero-order chi connectivity index (χ0) is 10.4. The van der Waals surface area contributed by atoms with Crippen LogP contribution >= 0.6 is 11.8 Å². The van der Waals surface area contributed by atoms with Gasteiger partial charge in [-0.3, -0.25) is 0 Å². The van der Waals surface area contributed by atoms with Gasteiger partial charge in [-0.05, 0) is 50.8 Å². The Kier molecular flexibility index (Phi) is 2.64. The predicted octanol–water partition coefficient (Wildman–Crippen LogP) is 2.91. The number of rotatable bonds is 1. The number of hydrogen-bond acceptors (Lipinski definition) is 2. The van der Waals surface area contributed by atoms with Crippen molar-refractivity contribution < 1.29 is 0 Å². The van der Waals surface area contributed by atoms with E-state index in [0.29, 0.717) is 10.3 Å². The van der Waals surface area contributed by atoms with E-state index in [2.05, 4.69) is 44.8 Å². The summed E-state index contributed by atoms with van der Waals surface area (Å²) in [6.45, 7) is 10.9. The van der Waals surface area contributed by atoms with Crippen LogP contribution in [0.15, 0.2) is 0 Å². The van der Waals surface area contributed by atoms with Crippen LogP contribution in [-0.4, -0.2) is 22.6 Å². The van der Waals surface area contributed by atoms with Gasteiger partial charge in [-0.2, -0.15) is 11.8 Å². The van der Waals surface area contributed by atoms with Crippen molar-refractivity contribution in [2.24, 2.45) is 11.8 Å². The van der Waals surface area contributed by atoms with E-state index >= 15 is 0 Å². The van der Waals surface area contributed by atoms with Gasteiger partial charge in [0.05, 0.1) is 0 Å². The third-order valence-electron chi connectivity index (χ3n) is 4.13. The molecule has 0 aromatic rings. The average molecular weight is 213 g/mol. The van der Waals surface area contributed by atoms with E-state index in [9.17, 15) is 0 Å².